The van der Waals surface area contributed by atoms with Crippen molar-refractivity contribution < 1.29 is 4.79 Å². The molecule has 112 valence electrons. The smallest absolute Gasteiger partial charge is 0.244 e. The van der Waals surface area contributed by atoms with Crippen LogP contribution in [0, 0.1) is 0 Å². The number of likely N-dealkylation sites (N-methyl/N-ethyl adjacent to an activating group) is 1. The second kappa shape index (κ2) is 6.73. The van der Waals surface area contributed by atoms with E-state index in [0.717, 1.165) is 18.9 Å². The molecule has 0 aliphatic carbocycles. The summed E-state index contributed by atoms with van der Waals surface area (Å²) in [5.74, 6) is 0.850. The Kier molecular flexibility index (Phi) is 5.54. The van der Waals surface area contributed by atoms with Crippen molar-refractivity contribution in [3.63, 3.8) is 0 Å². The highest BCUT2D eigenvalue weighted by molar-refractivity contribution is 5.83. The van der Waals surface area contributed by atoms with E-state index in [1.165, 1.54) is 5.56 Å². The molecule has 1 unspecified atom stereocenters. The Morgan fingerprint density at radius 1 is 1.30 bits per heavy atom. The van der Waals surface area contributed by atoms with E-state index >= 15 is 0 Å². The van der Waals surface area contributed by atoms with Crippen molar-refractivity contribution in [1.29, 1.82) is 0 Å². The van der Waals surface area contributed by atoms with Crippen molar-refractivity contribution in [3.8, 4) is 0 Å². The molecule has 0 fully saturated rings. The average Bonchev–Trinajstić information content (AvgIpc) is 2.39. The lowest BCUT2D eigenvalue weighted by Crippen LogP contribution is -2.41. The fourth-order valence-corrected chi connectivity index (χ4v) is 2.02. The molecule has 0 aliphatic rings. The zero-order chi connectivity index (χ0) is 15.3. The topological polar surface area (TPSA) is 45.2 Å². The molecule has 1 N–H and O–H groups in total. The molecule has 0 spiro atoms. The first-order chi connectivity index (χ1) is 9.29. The van der Waals surface area contributed by atoms with Crippen LogP contribution in [0.15, 0.2) is 18.3 Å². The third-order valence-corrected chi connectivity index (χ3v) is 3.44. The fraction of sp³-hybridized carbons (Fsp3) is 0.625. The maximum absolute atomic E-state index is 12.2. The molecule has 1 amide bonds. The van der Waals surface area contributed by atoms with E-state index in [4.69, 9.17) is 0 Å². The van der Waals surface area contributed by atoms with Crippen molar-refractivity contribution >= 4 is 11.7 Å². The number of aromatic nitrogens is 1. The number of pyridine rings is 1. The van der Waals surface area contributed by atoms with Gasteiger partial charge in [0.1, 0.15) is 11.9 Å². The molecule has 1 heterocycles. The van der Waals surface area contributed by atoms with Crippen LogP contribution in [0.2, 0.25) is 0 Å². The van der Waals surface area contributed by atoms with Gasteiger partial charge in [0.05, 0.1) is 0 Å². The Balaban J connectivity index is 2.71. The minimum absolute atomic E-state index is 0.0915. The van der Waals surface area contributed by atoms with Gasteiger partial charge in [0.25, 0.3) is 0 Å². The molecule has 0 aliphatic heterocycles. The molecule has 0 saturated heterocycles. The monoisotopic (exact) mass is 277 g/mol. The van der Waals surface area contributed by atoms with E-state index in [9.17, 15) is 4.79 Å². The molecule has 4 heteroatoms. The molecule has 0 aromatic carbocycles. The Labute approximate surface area is 122 Å². The first-order valence-corrected chi connectivity index (χ1v) is 7.31. The number of anilines is 1. The number of hydrogen-bond acceptors (Lipinski definition) is 3. The average molecular weight is 277 g/mol. The molecular formula is C16H27N3O. The molecule has 0 radical (unpaired) electrons. The summed E-state index contributed by atoms with van der Waals surface area (Å²) in [5, 5.41) is 3.17. The number of rotatable bonds is 5. The SMILES string of the molecule is CCN(CC)C(=O)C(C)Nc1ccc(C(C)(C)C)cn1. The third kappa shape index (κ3) is 4.22. The van der Waals surface area contributed by atoms with E-state index in [2.05, 4.69) is 37.1 Å². The van der Waals surface area contributed by atoms with Gasteiger partial charge in [-0.05, 0) is 37.8 Å². The van der Waals surface area contributed by atoms with Crippen LogP contribution in [0.1, 0.15) is 47.1 Å². The highest BCUT2D eigenvalue weighted by Gasteiger charge is 2.19. The van der Waals surface area contributed by atoms with Crippen molar-refractivity contribution in [2.45, 2.75) is 53.0 Å². The molecule has 1 aromatic heterocycles. The summed E-state index contributed by atoms with van der Waals surface area (Å²) < 4.78 is 0. The molecule has 20 heavy (non-hydrogen) atoms. The van der Waals surface area contributed by atoms with Crippen LogP contribution in [0.4, 0.5) is 5.82 Å². The molecule has 0 bridgehead atoms. The summed E-state index contributed by atoms with van der Waals surface area (Å²) >= 11 is 0. The maximum Gasteiger partial charge on any atom is 0.244 e. The molecule has 1 rings (SSSR count). The second-order valence-corrected chi connectivity index (χ2v) is 6.06. The van der Waals surface area contributed by atoms with Crippen LogP contribution in [-0.4, -0.2) is 34.9 Å². The van der Waals surface area contributed by atoms with Gasteiger partial charge in [0.15, 0.2) is 0 Å². The van der Waals surface area contributed by atoms with Crippen molar-refractivity contribution in [3.05, 3.63) is 23.9 Å². The first kappa shape index (κ1) is 16.5. The van der Waals surface area contributed by atoms with E-state index in [0.29, 0.717) is 0 Å². The van der Waals surface area contributed by atoms with Crippen LogP contribution in [0.25, 0.3) is 0 Å². The summed E-state index contributed by atoms with van der Waals surface area (Å²) in [7, 11) is 0. The minimum atomic E-state index is -0.261. The van der Waals surface area contributed by atoms with E-state index in [1.807, 2.05) is 37.9 Å². The minimum Gasteiger partial charge on any atom is -0.359 e. The van der Waals surface area contributed by atoms with Crippen LogP contribution in [0.3, 0.4) is 0 Å². The quantitative estimate of drug-likeness (QED) is 0.899. The number of nitrogens with one attached hydrogen (secondary N) is 1. The van der Waals surface area contributed by atoms with Gasteiger partial charge in [0.2, 0.25) is 5.91 Å². The van der Waals surface area contributed by atoms with Crippen molar-refractivity contribution in [2.24, 2.45) is 0 Å². The predicted molar refractivity (Wildman–Crippen MR) is 83.9 cm³/mol. The zero-order valence-electron chi connectivity index (χ0n) is 13.5. The highest BCUT2D eigenvalue weighted by atomic mass is 16.2. The lowest BCUT2D eigenvalue weighted by Gasteiger charge is -2.24. The Morgan fingerprint density at radius 2 is 1.90 bits per heavy atom. The third-order valence-electron chi connectivity index (χ3n) is 3.44. The summed E-state index contributed by atoms with van der Waals surface area (Å²) in [5.41, 5.74) is 1.28. The van der Waals surface area contributed by atoms with Gasteiger partial charge in [-0.25, -0.2) is 4.98 Å². The first-order valence-electron chi connectivity index (χ1n) is 7.31. The highest BCUT2D eigenvalue weighted by Crippen LogP contribution is 2.22. The lowest BCUT2D eigenvalue weighted by molar-refractivity contribution is -0.131. The summed E-state index contributed by atoms with van der Waals surface area (Å²) in [6.45, 7) is 13.8. The van der Waals surface area contributed by atoms with Gasteiger partial charge in [0, 0.05) is 19.3 Å². The van der Waals surface area contributed by atoms with Gasteiger partial charge in [-0.1, -0.05) is 26.8 Å². The number of nitrogens with zero attached hydrogens (tertiary/aromatic N) is 2. The largest absolute Gasteiger partial charge is 0.359 e. The normalized spacial score (nSPS) is 12.9. The van der Waals surface area contributed by atoms with Gasteiger partial charge < -0.3 is 10.2 Å². The predicted octanol–water partition coefficient (Wildman–Crippen LogP) is 3.05. The Morgan fingerprint density at radius 3 is 2.30 bits per heavy atom. The number of amides is 1. The summed E-state index contributed by atoms with van der Waals surface area (Å²) in [4.78, 5) is 18.4. The van der Waals surface area contributed by atoms with E-state index < -0.39 is 0 Å². The van der Waals surface area contributed by atoms with Gasteiger partial charge in [-0.3, -0.25) is 4.79 Å². The Bertz CT molecular complexity index is 430. The molecule has 1 atom stereocenters. The zero-order valence-corrected chi connectivity index (χ0v) is 13.5. The maximum atomic E-state index is 12.2. The summed E-state index contributed by atoms with van der Waals surface area (Å²) in [6, 6.07) is 3.74. The van der Waals surface area contributed by atoms with Gasteiger partial charge >= 0.3 is 0 Å². The van der Waals surface area contributed by atoms with Crippen LogP contribution < -0.4 is 5.32 Å². The number of hydrogen-bond donors (Lipinski definition) is 1. The lowest BCUT2D eigenvalue weighted by atomic mass is 9.88. The molecule has 4 nitrogen and oxygen atoms in total. The second-order valence-electron chi connectivity index (χ2n) is 6.06. The van der Waals surface area contributed by atoms with E-state index in [1.54, 1.807) is 0 Å². The Hall–Kier alpha value is -1.58. The van der Waals surface area contributed by atoms with Gasteiger partial charge in [-0.15, -0.1) is 0 Å². The van der Waals surface area contributed by atoms with Crippen LogP contribution >= 0.6 is 0 Å². The van der Waals surface area contributed by atoms with Gasteiger partial charge in [-0.2, -0.15) is 0 Å². The fourth-order valence-electron chi connectivity index (χ4n) is 2.02. The van der Waals surface area contributed by atoms with Crippen molar-refractivity contribution in [1.82, 2.24) is 9.88 Å². The number of carbonyl (C=O) groups excluding carboxylic acids is 1. The van der Waals surface area contributed by atoms with Crippen LogP contribution in [-0.2, 0) is 10.2 Å². The van der Waals surface area contributed by atoms with Crippen molar-refractivity contribution in [2.75, 3.05) is 18.4 Å². The molecule has 0 saturated carbocycles. The molecule has 1 aromatic rings. The standard InChI is InChI=1S/C16H27N3O/c1-7-19(8-2)15(20)12(3)18-14-10-9-13(11-17-14)16(4,5)6/h9-12H,7-8H2,1-6H3,(H,17,18). The number of carbonyl (C=O) groups is 1. The van der Waals surface area contributed by atoms with Crippen LogP contribution in [0.5, 0.6) is 0 Å². The molecular weight excluding hydrogens is 250 g/mol. The van der Waals surface area contributed by atoms with E-state index in [-0.39, 0.29) is 17.4 Å². The summed E-state index contributed by atoms with van der Waals surface area (Å²) in [6.07, 6.45) is 1.87.